The van der Waals surface area contributed by atoms with Gasteiger partial charge in [-0.25, -0.2) is 8.78 Å². The third kappa shape index (κ3) is 2.85. The van der Waals surface area contributed by atoms with Crippen LogP contribution in [0.25, 0.3) is 0 Å². The van der Waals surface area contributed by atoms with Gasteiger partial charge in [0.15, 0.2) is 0 Å². The fourth-order valence-electron chi connectivity index (χ4n) is 2.14. The summed E-state index contributed by atoms with van der Waals surface area (Å²) >= 11 is 0. The van der Waals surface area contributed by atoms with Crippen molar-refractivity contribution in [2.24, 2.45) is 0 Å². The Kier molecular flexibility index (Phi) is 3.91. The fraction of sp³-hybridized carbons (Fsp3) is 0.462. The van der Waals surface area contributed by atoms with Crippen molar-refractivity contribution in [3.63, 3.8) is 0 Å². The van der Waals surface area contributed by atoms with E-state index in [0.717, 1.165) is 19.2 Å². The number of nitrogens with zero attached hydrogens (tertiary/aromatic N) is 1. The van der Waals surface area contributed by atoms with Crippen LogP contribution in [0.2, 0.25) is 0 Å². The molecule has 98 valence electrons. The van der Waals surface area contributed by atoms with E-state index in [1.807, 2.05) is 6.92 Å². The third-order valence-corrected chi connectivity index (χ3v) is 3.18. The first-order valence-electron chi connectivity index (χ1n) is 6.02. The maximum absolute atomic E-state index is 13.5. The summed E-state index contributed by atoms with van der Waals surface area (Å²) in [5.41, 5.74) is 0.243. The van der Waals surface area contributed by atoms with E-state index in [-0.39, 0.29) is 23.9 Å². The Bertz CT molecular complexity index is 451. The van der Waals surface area contributed by atoms with Gasteiger partial charge in [0.05, 0.1) is 6.42 Å². The molecule has 0 unspecified atom stereocenters. The second-order valence-corrected chi connectivity index (χ2v) is 4.55. The fourth-order valence-corrected chi connectivity index (χ4v) is 2.14. The quantitative estimate of drug-likeness (QED) is 0.863. The highest BCUT2D eigenvalue weighted by Crippen LogP contribution is 2.13. The van der Waals surface area contributed by atoms with Crippen LogP contribution < -0.4 is 5.32 Å². The van der Waals surface area contributed by atoms with Crippen LogP contribution in [-0.2, 0) is 11.2 Å². The van der Waals surface area contributed by atoms with Crippen LogP contribution in [0.3, 0.4) is 0 Å². The van der Waals surface area contributed by atoms with Crippen molar-refractivity contribution in [2.45, 2.75) is 19.4 Å². The molecule has 1 heterocycles. The number of carbonyl (C=O) groups excluding carboxylic acids is 1. The number of carbonyl (C=O) groups is 1. The summed E-state index contributed by atoms with van der Waals surface area (Å²) in [7, 11) is 0. The van der Waals surface area contributed by atoms with Gasteiger partial charge in [0.1, 0.15) is 11.6 Å². The van der Waals surface area contributed by atoms with Gasteiger partial charge >= 0.3 is 0 Å². The van der Waals surface area contributed by atoms with E-state index >= 15 is 0 Å². The third-order valence-electron chi connectivity index (χ3n) is 3.18. The largest absolute Gasteiger partial charge is 0.337 e. The Morgan fingerprint density at radius 2 is 2.28 bits per heavy atom. The van der Waals surface area contributed by atoms with Gasteiger partial charge in [-0.1, -0.05) is 6.07 Å². The van der Waals surface area contributed by atoms with Crippen LogP contribution in [0.15, 0.2) is 18.2 Å². The molecule has 1 aliphatic rings. The summed E-state index contributed by atoms with van der Waals surface area (Å²) in [5, 5.41) is 3.18. The van der Waals surface area contributed by atoms with Crippen molar-refractivity contribution in [1.82, 2.24) is 10.2 Å². The Balaban J connectivity index is 2.06. The molecule has 5 heteroatoms. The van der Waals surface area contributed by atoms with E-state index in [1.54, 1.807) is 4.90 Å². The molecule has 18 heavy (non-hydrogen) atoms. The van der Waals surface area contributed by atoms with E-state index in [1.165, 1.54) is 12.1 Å². The van der Waals surface area contributed by atoms with Gasteiger partial charge in [0.2, 0.25) is 5.91 Å². The predicted molar refractivity (Wildman–Crippen MR) is 64.1 cm³/mol. The first-order valence-corrected chi connectivity index (χ1v) is 6.02. The van der Waals surface area contributed by atoms with Crippen molar-refractivity contribution in [3.05, 3.63) is 35.4 Å². The number of piperazine rings is 1. The topological polar surface area (TPSA) is 32.3 Å². The molecule has 1 amide bonds. The van der Waals surface area contributed by atoms with Crippen LogP contribution in [0.5, 0.6) is 0 Å². The molecule has 0 saturated carbocycles. The highest BCUT2D eigenvalue weighted by molar-refractivity contribution is 5.79. The molecule has 2 rings (SSSR count). The zero-order valence-corrected chi connectivity index (χ0v) is 10.2. The summed E-state index contributed by atoms with van der Waals surface area (Å²) in [5.74, 6) is -1.40. The molecular weight excluding hydrogens is 238 g/mol. The zero-order valence-electron chi connectivity index (χ0n) is 10.2. The monoisotopic (exact) mass is 254 g/mol. The number of amides is 1. The minimum atomic E-state index is -0.661. The van der Waals surface area contributed by atoms with E-state index in [2.05, 4.69) is 5.32 Å². The molecule has 1 saturated heterocycles. The molecular formula is C13H16F2N2O. The summed E-state index contributed by atoms with van der Waals surface area (Å²) in [6, 6.07) is 3.42. The van der Waals surface area contributed by atoms with Gasteiger partial charge in [0.25, 0.3) is 0 Å². The minimum absolute atomic E-state index is 0.0174. The second-order valence-electron chi connectivity index (χ2n) is 4.55. The number of halogens is 2. The summed E-state index contributed by atoms with van der Waals surface area (Å²) in [4.78, 5) is 13.8. The van der Waals surface area contributed by atoms with Gasteiger partial charge in [-0.3, -0.25) is 4.79 Å². The minimum Gasteiger partial charge on any atom is -0.337 e. The van der Waals surface area contributed by atoms with Crippen LogP contribution in [0, 0.1) is 11.6 Å². The molecule has 0 aliphatic carbocycles. The standard InChI is InChI=1S/C13H16F2N2O/c1-9-8-16-4-5-17(9)13(18)6-10-2-3-11(14)7-12(10)15/h2-3,7,9,16H,4-6,8H2,1H3/t9-/m0/s1. The van der Waals surface area contributed by atoms with Gasteiger partial charge < -0.3 is 10.2 Å². The SMILES string of the molecule is C[C@H]1CNCCN1C(=O)Cc1ccc(F)cc1F. The zero-order chi connectivity index (χ0) is 13.1. The molecule has 1 fully saturated rings. The maximum atomic E-state index is 13.5. The lowest BCUT2D eigenvalue weighted by Gasteiger charge is -2.34. The number of rotatable bonds is 2. The lowest BCUT2D eigenvalue weighted by atomic mass is 10.1. The van der Waals surface area contributed by atoms with Gasteiger partial charge in [-0.15, -0.1) is 0 Å². The molecule has 0 bridgehead atoms. The predicted octanol–water partition coefficient (Wildman–Crippen LogP) is 1.33. The van der Waals surface area contributed by atoms with E-state index in [4.69, 9.17) is 0 Å². The lowest BCUT2D eigenvalue weighted by Crippen LogP contribution is -2.52. The Morgan fingerprint density at radius 1 is 1.50 bits per heavy atom. The van der Waals surface area contributed by atoms with Gasteiger partial charge in [-0.2, -0.15) is 0 Å². The van der Waals surface area contributed by atoms with Crippen molar-refractivity contribution in [1.29, 1.82) is 0 Å². The van der Waals surface area contributed by atoms with Crippen molar-refractivity contribution >= 4 is 5.91 Å². The first kappa shape index (κ1) is 13.0. The molecule has 0 spiro atoms. The van der Waals surface area contributed by atoms with Crippen molar-refractivity contribution in [2.75, 3.05) is 19.6 Å². The lowest BCUT2D eigenvalue weighted by molar-refractivity contribution is -0.133. The van der Waals surface area contributed by atoms with Gasteiger partial charge in [-0.05, 0) is 18.6 Å². The summed E-state index contributed by atoms with van der Waals surface area (Å²) in [6.07, 6.45) is -0.0174. The highest BCUT2D eigenvalue weighted by Gasteiger charge is 2.23. The van der Waals surface area contributed by atoms with Crippen LogP contribution >= 0.6 is 0 Å². The van der Waals surface area contributed by atoms with E-state index in [9.17, 15) is 13.6 Å². The van der Waals surface area contributed by atoms with Crippen LogP contribution in [0.4, 0.5) is 8.78 Å². The molecule has 1 aromatic carbocycles. The average Bonchev–Trinajstić information content (AvgIpc) is 2.33. The van der Waals surface area contributed by atoms with E-state index < -0.39 is 11.6 Å². The van der Waals surface area contributed by atoms with E-state index in [0.29, 0.717) is 6.54 Å². The highest BCUT2D eigenvalue weighted by atomic mass is 19.1. The normalized spacial score (nSPS) is 19.9. The van der Waals surface area contributed by atoms with Crippen molar-refractivity contribution in [3.8, 4) is 0 Å². The number of benzene rings is 1. The second kappa shape index (κ2) is 5.44. The Hall–Kier alpha value is -1.49. The summed E-state index contributed by atoms with van der Waals surface area (Å²) < 4.78 is 26.2. The molecule has 0 radical (unpaired) electrons. The van der Waals surface area contributed by atoms with Crippen LogP contribution in [-0.4, -0.2) is 36.5 Å². The first-order chi connectivity index (χ1) is 8.58. The molecule has 3 nitrogen and oxygen atoms in total. The summed E-state index contributed by atoms with van der Waals surface area (Å²) in [6.45, 7) is 4.08. The Labute approximate surface area is 105 Å². The number of nitrogens with one attached hydrogen (secondary N) is 1. The molecule has 1 aromatic rings. The van der Waals surface area contributed by atoms with Gasteiger partial charge in [0, 0.05) is 31.7 Å². The molecule has 1 N–H and O–H groups in total. The molecule has 1 atom stereocenters. The number of hydrogen-bond donors (Lipinski definition) is 1. The van der Waals surface area contributed by atoms with Crippen LogP contribution in [0.1, 0.15) is 12.5 Å². The molecule has 1 aliphatic heterocycles. The maximum Gasteiger partial charge on any atom is 0.227 e. The smallest absolute Gasteiger partial charge is 0.227 e. The molecule has 0 aromatic heterocycles. The number of hydrogen-bond acceptors (Lipinski definition) is 2. The average molecular weight is 254 g/mol. The van der Waals surface area contributed by atoms with Crippen molar-refractivity contribution < 1.29 is 13.6 Å². The Morgan fingerprint density at radius 3 is 2.94 bits per heavy atom.